The van der Waals surface area contributed by atoms with E-state index in [2.05, 4.69) is 34.2 Å². The molecule has 100 valence electrons. The Balaban J connectivity index is 2.07. The van der Waals surface area contributed by atoms with Crippen molar-refractivity contribution in [2.24, 2.45) is 0 Å². The average molecular weight is 342 g/mol. The van der Waals surface area contributed by atoms with E-state index in [0.29, 0.717) is 16.6 Å². The number of hydrogen-bond acceptors (Lipinski definition) is 2. The van der Waals surface area contributed by atoms with Gasteiger partial charge in [-0.15, -0.1) is 11.3 Å². The molecule has 2 nitrogen and oxygen atoms in total. The van der Waals surface area contributed by atoms with Gasteiger partial charge in [0.25, 0.3) is 5.91 Å². The minimum absolute atomic E-state index is 0.276. The largest absolute Gasteiger partial charge is 0.347 e. The van der Waals surface area contributed by atoms with Gasteiger partial charge in [0, 0.05) is 9.35 Å². The number of thiophene rings is 1. The lowest BCUT2D eigenvalue weighted by Gasteiger charge is -2.07. The Bertz CT molecular complexity index is 597. The molecule has 0 fully saturated rings. The molecule has 2 rings (SSSR count). The Morgan fingerprint density at radius 2 is 2.21 bits per heavy atom. The molecule has 1 aromatic heterocycles. The predicted molar refractivity (Wildman–Crippen MR) is 79.0 cm³/mol. The summed E-state index contributed by atoms with van der Waals surface area (Å²) in [5.74, 6) is -0.694. The lowest BCUT2D eigenvalue weighted by Crippen LogP contribution is -2.23. The van der Waals surface area contributed by atoms with Gasteiger partial charge in [-0.25, -0.2) is 4.39 Å². The molecule has 0 spiro atoms. The molecule has 2 aromatic rings. The number of benzene rings is 1. The van der Waals surface area contributed by atoms with E-state index in [4.69, 9.17) is 0 Å². The summed E-state index contributed by atoms with van der Waals surface area (Å²) >= 11 is 4.87. The lowest BCUT2D eigenvalue weighted by atomic mass is 10.2. The standard InChI is InChI=1S/C14H13BrFNOS/c1-2-9-5-6-19-13(9)8-17-14(18)11-7-10(16)3-4-12(11)15/h3-7H,2,8H2,1H3,(H,17,18). The van der Waals surface area contributed by atoms with Crippen LogP contribution in [0.2, 0.25) is 0 Å². The molecule has 0 aliphatic heterocycles. The van der Waals surface area contributed by atoms with Crippen molar-refractivity contribution in [3.05, 3.63) is 55.9 Å². The van der Waals surface area contributed by atoms with Gasteiger partial charge in [0.15, 0.2) is 0 Å². The monoisotopic (exact) mass is 341 g/mol. The molecule has 0 saturated heterocycles. The van der Waals surface area contributed by atoms with Crippen molar-refractivity contribution in [3.63, 3.8) is 0 Å². The van der Waals surface area contributed by atoms with Gasteiger partial charge in [0.05, 0.1) is 12.1 Å². The molecule has 5 heteroatoms. The van der Waals surface area contributed by atoms with Gasteiger partial charge in [0.1, 0.15) is 5.82 Å². The van der Waals surface area contributed by atoms with Gasteiger partial charge in [-0.2, -0.15) is 0 Å². The Morgan fingerprint density at radius 3 is 2.95 bits per heavy atom. The van der Waals surface area contributed by atoms with Gasteiger partial charge in [0.2, 0.25) is 0 Å². The second-order valence-electron chi connectivity index (χ2n) is 4.03. The SMILES string of the molecule is CCc1ccsc1CNC(=O)c1cc(F)ccc1Br. The van der Waals surface area contributed by atoms with Crippen LogP contribution in [0.4, 0.5) is 4.39 Å². The first-order chi connectivity index (χ1) is 9.11. The van der Waals surface area contributed by atoms with Crippen LogP contribution in [0.5, 0.6) is 0 Å². The van der Waals surface area contributed by atoms with E-state index >= 15 is 0 Å². The van der Waals surface area contributed by atoms with Gasteiger partial charge in [-0.3, -0.25) is 4.79 Å². The number of aryl methyl sites for hydroxylation is 1. The van der Waals surface area contributed by atoms with Crippen LogP contribution in [0.1, 0.15) is 27.7 Å². The van der Waals surface area contributed by atoms with Crippen LogP contribution in [0.15, 0.2) is 34.1 Å². The van der Waals surface area contributed by atoms with Crippen LogP contribution in [0.25, 0.3) is 0 Å². The van der Waals surface area contributed by atoms with Gasteiger partial charge in [-0.1, -0.05) is 6.92 Å². The van der Waals surface area contributed by atoms with E-state index in [-0.39, 0.29) is 5.91 Å². The molecular weight excluding hydrogens is 329 g/mol. The maximum absolute atomic E-state index is 13.1. The maximum Gasteiger partial charge on any atom is 0.252 e. The smallest absolute Gasteiger partial charge is 0.252 e. The number of halogens is 2. The van der Waals surface area contributed by atoms with E-state index in [1.807, 2.05) is 5.38 Å². The first kappa shape index (κ1) is 14.2. The van der Waals surface area contributed by atoms with Crippen LogP contribution in [0, 0.1) is 5.82 Å². The highest BCUT2D eigenvalue weighted by Gasteiger charge is 2.12. The molecule has 19 heavy (non-hydrogen) atoms. The molecule has 0 unspecified atom stereocenters. The van der Waals surface area contributed by atoms with Gasteiger partial charge >= 0.3 is 0 Å². The molecule has 1 heterocycles. The van der Waals surface area contributed by atoms with E-state index in [1.165, 1.54) is 23.8 Å². The molecule has 1 aromatic carbocycles. The highest BCUT2D eigenvalue weighted by Crippen LogP contribution is 2.19. The number of nitrogens with one attached hydrogen (secondary N) is 1. The lowest BCUT2D eigenvalue weighted by molar-refractivity contribution is 0.0950. The molecular formula is C14H13BrFNOS. The van der Waals surface area contributed by atoms with Crippen molar-refractivity contribution in [3.8, 4) is 0 Å². The fraction of sp³-hybridized carbons (Fsp3) is 0.214. The number of carbonyl (C=O) groups is 1. The minimum atomic E-state index is -0.418. The van der Waals surface area contributed by atoms with Crippen molar-refractivity contribution < 1.29 is 9.18 Å². The van der Waals surface area contributed by atoms with Crippen LogP contribution >= 0.6 is 27.3 Å². The molecule has 0 radical (unpaired) electrons. The summed E-state index contributed by atoms with van der Waals surface area (Å²) in [7, 11) is 0. The highest BCUT2D eigenvalue weighted by atomic mass is 79.9. The molecule has 0 bridgehead atoms. The zero-order valence-corrected chi connectivity index (χ0v) is 12.8. The molecule has 0 atom stereocenters. The summed E-state index contributed by atoms with van der Waals surface area (Å²) in [5.41, 5.74) is 1.55. The van der Waals surface area contributed by atoms with Gasteiger partial charge < -0.3 is 5.32 Å². The summed E-state index contributed by atoms with van der Waals surface area (Å²) in [4.78, 5) is 13.2. The number of hydrogen-bond donors (Lipinski definition) is 1. The molecule has 1 amide bonds. The topological polar surface area (TPSA) is 29.1 Å². The molecule has 1 N–H and O–H groups in total. The van der Waals surface area contributed by atoms with Crippen LogP contribution in [0.3, 0.4) is 0 Å². The Hall–Kier alpha value is -1.20. The van der Waals surface area contributed by atoms with Crippen LogP contribution in [-0.4, -0.2) is 5.91 Å². The Kier molecular flexibility index (Phi) is 4.71. The van der Waals surface area contributed by atoms with Crippen molar-refractivity contribution in [1.82, 2.24) is 5.32 Å². The third-order valence-corrected chi connectivity index (χ3v) is 4.46. The zero-order valence-electron chi connectivity index (χ0n) is 10.4. The second kappa shape index (κ2) is 6.30. The van der Waals surface area contributed by atoms with Crippen LogP contribution < -0.4 is 5.32 Å². The Labute approximate surface area is 123 Å². The third-order valence-electron chi connectivity index (χ3n) is 2.80. The molecule has 0 saturated carbocycles. The first-order valence-electron chi connectivity index (χ1n) is 5.90. The summed E-state index contributed by atoms with van der Waals surface area (Å²) < 4.78 is 13.7. The molecule has 0 aliphatic rings. The summed E-state index contributed by atoms with van der Waals surface area (Å²) in [6.07, 6.45) is 0.943. The number of amides is 1. The average Bonchev–Trinajstić information content (AvgIpc) is 2.86. The van der Waals surface area contributed by atoms with Crippen molar-refractivity contribution in [2.75, 3.05) is 0 Å². The Morgan fingerprint density at radius 1 is 1.42 bits per heavy atom. The fourth-order valence-corrected chi connectivity index (χ4v) is 3.11. The minimum Gasteiger partial charge on any atom is -0.347 e. The highest BCUT2D eigenvalue weighted by molar-refractivity contribution is 9.10. The zero-order chi connectivity index (χ0) is 13.8. The van der Waals surface area contributed by atoms with E-state index in [1.54, 1.807) is 11.3 Å². The van der Waals surface area contributed by atoms with Crippen molar-refractivity contribution in [2.45, 2.75) is 19.9 Å². The van der Waals surface area contributed by atoms with Crippen LogP contribution in [-0.2, 0) is 13.0 Å². The predicted octanol–water partition coefficient (Wildman–Crippen LogP) is 4.14. The van der Waals surface area contributed by atoms with E-state index < -0.39 is 5.82 Å². The quantitative estimate of drug-likeness (QED) is 0.889. The molecule has 0 aliphatic carbocycles. The summed E-state index contributed by atoms with van der Waals surface area (Å²) in [5, 5.41) is 4.83. The van der Waals surface area contributed by atoms with Crippen molar-refractivity contribution >= 4 is 33.2 Å². The second-order valence-corrected chi connectivity index (χ2v) is 5.88. The first-order valence-corrected chi connectivity index (χ1v) is 7.57. The number of rotatable bonds is 4. The fourth-order valence-electron chi connectivity index (χ4n) is 1.76. The number of carbonyl (C=O) groups excluding carboxylic acids is 1. The van der Waals surface area contributed by atoms with E-state index in [0.717, 1.165) is 11.3 Å². The summed E-state index contributed by atoms with van der Waals surface area (Å²) in [6.45, 7) is 2.55. The third kappa shape index (κ3) is 3.42. The maximum atomic E-state index is 13.1. The normalized spacial score (nSPS) is 10.5. The summed E-state index contributed by atoms with van der Waals surface area (Å²) in [6, 6.07) is 6.14. The van der Waals surface area contributed by atoms with E-state index in [9.17, 15) is 9.18 Å². The van der Waals surface area contributed by atoms with Gasteiger partial charge in [-0.05, 0) is 57.6 Å². The van der Waals surface area contributed by atoms with Crippen molar-refractivity contribution in [1.29, 1.82) is 0 Å².